The van der Waals surface area contributed by atoms with E-state index in [1.807, 2.05) is 6.07 Å². The predicted molar refractivity (Wildman–Crippen MR) is 87.9 cm³/mol. The van der Waals surface area contributed by atoms with E-state index < -0.39 is 0 Å². The Kier molecular flexibility index (Phi) is 7.94. The number of benzene rings is 1. The number of amides is 1. The standard InChI is InChI=1S/C17H27N3O2/c21-17(19-10-11-20-12-14-22-15-13-20)7-9-18-8-6-16-4-2-1-3-5-16/h1-5,18H,6-15H2,(H,19,21). The normalized spacial score (nSPS) is 15.6. The molecule has 0 aromatic heterocycles. The Bertz CT molecular complexity index is 419. The van der Waals surface area contributed by atoms with Crippen LogP contribution in [-0.2, 0) is 16.0 Å². The Morgan fingerprint density at radius 1 is 1.09 bits per heavy atom. The van der Waals surface area contributed by atoms with Crippen molar-refractivity contribution in [2.24, 2.45) is 0 Å². The number of rotatable bonds is 9. The molecule has 0 unspecified atom stereocenters. The average Bonchev–Trinajstić information content (AvgIpc) is 2.56. The molecule has 0 spiro atoms. The van der Waals surface area contributed by atoms with Gasteiger partial charge in [0.1, 0.15) is 0 Å². The first-order chi connectivity index (χ1) is 10.8. The van der Waals surface area contributed by atoms with E-state index in [1.54, 1.807) is 0 Å². The van der Waals surface area contributed by atoms with Crippen LogP contribution in [0.5, 0.6) is 0 Å². The lowest BCUT2D eigenvalue weighted by molar-refractivity contribution is -0.121. The Labute approximate surface area is 133 Å². The maximum absolute atomic E-state index is 11.7. The Hall–Kier alpha value is -1.43. The zero-order valence-electron chi connectivity index (χ0n) is 13.2. The molecule has 2 N–H and O–H groups in total. The van der Waals surface area contributed by atoms with E-state index >= 15 is 0 Å². The first-order valence-electron chi connectivity index (χ1n) is 8.16. The number of nitrogens with zero attached hydrogens (tertiary/aromatic N) is 1. The number of carbonyl (C=O) groups is 1. The first kappa shape index (κ1) is 16.9. The number of hydrogen-bond acceptors (Lipinski definition) is 4. The molecular weight excluding hydrogens is 278 g/mol. The molecule has 5 heteroatoms. The minimum Gasteiger partial charge on any atom is -0.379 e. The number of nitrogens with one attached hydrogen (secondary N) is 2. The average molecular weight is 305 g/mol. The maximum atomic E-state index is 11.7. The largest absolute Gasteiger partial charge is 0.379 e. The van der Waals surface area contributed by atoms with Gasteiger partial charge in [0.25, 0.3) is 0 Å². The van der Waals surface area contributed by atoms with Crippen LogP contribution in [0, 0.1) is 0 Å². The Morgan fingerprint density at radius 3 is 2.64 bits per heavy atom. The van der Waals surface area contributed by atoms with Gasteiger partial charge in [0.15, 0.2) is 0 Å². The number of ether oxygens (including phenoxy) is 1. The second kappa shape index (κ2) is 10.3. The van der Waals surface area contributed by atoms with E-state index in [4.69, 9.17) is 4.74 Å². The van der Waals surface area contributed by atoms with Crippen molar-refractivity contribution in [3.8, 4) is 0 Å². The molecule has 1 aliphatic heterocycles. The van der Waals surface area contributed by atoms with Crippen LogP contribution in [0.1, 0.15) is 12.0 Å². The summed E-state index contributed by atoms with van der Waals surface area (Å²) in [6.07, 6.45) is 1.54. The monoisotopic (exact) mass is 305 g/mol. The summed E-state index contributed by atoms with van der Waals surface area (Å²) < 4.78 is 5.30. The van der Waals surface area contributed by atoms with Gasteiger partial charge in [-0.2, -0.15) is 0 Å². The molecule has 22 heavy (non-hydrogen) atoms. The van der Waals surface area contributed by atoms with Gasteiger partial charge in [-0.15, -0.1) is 0 Å². The molecular formula is C17H27N3O2. The van der Waals surface area contributed by atoms with Gasteiger partial charge in [-0.25, -0.2) is 0 Å². The fourth-order valence-corrected chi connectivity index (χ4v) is 2.47. The van der Waals surface area contributed by atoms with Crippen LogP contribution < -0.4 is 10.6 Å². The molecule has 0 bridgehead atoms. The van der Waals surface area contributed by atoms with Gasteiger partial charge in [-0.1, -0.05) is 30.3 Å². The molecule has 1 aromatic rings. The van der Waals surface area contributed by atoms with Crippen LogP contribution in [-0.4, -0.2) is 63.3 Å². The highest BCUT2D eigenvalue weighted by molar-refractivity contribution is 5.76. The van der Waals surface area contributed by atoms with Crippen molar-refractivity contribution < 1.29 is 9.53 Å². The zero-order chi connectivity index (χ0) is 15.5. The smallest absolute Gasteiger partial charge is 0.221 e. The van der Waals surface area contributed by atoms with Crippen LogP contribution in [0.4, 0.5) is 0 Å². The highest BCUT2D eigenvalue weighted by Gasteiger charge is 2.09. The maximum Gasteiger partial charge on any atom is 0.221 e. The molecule has 0 saturated carbocycles. The summed E-state index contributed by atoms with van der Waals surface area (Å²) >= 11 is 0. The number of hydrogen-bond donors (Lipinski definition) is 2. The molecule has 0 atom stereocenters. The SMILES string of the molecule is O=C(CCNCCc1ccccc1)NCCN1CCOCC1. The van der Waals surface area contributed by atoms with Crippen molar-refractivity contribution in [1.82, 2.24) is 15.5 Å². The topological polar surface area (TPSA) is 53.6 Å². The molecule has 0 aliphatic carbocycles. The van der Waals surface area contributed by atoms with E-state index in [0.717, 1.165) is 58.9 Å². The van der Waals surface area contributed by atoms with Crippen molar-refractivity contribution >= 4 is 5.91 Å². The molecule has 1 fully saturated rings. The van der Waals surface area contributed by atoms with E-state index in [0.29, 0.717) is 6.42 Å². The van der Waals surface area contributed by atoms with Gasteiger partial charge in [0.05, 0.1) is 13.2 Å². The second-order valence-corrected chi connectivity index (χ2v) is 5.54. The summed E-state index contributed by atoms with van der Waals surface area (Å²) in [6.45, 7) is 6.83. The van der Waals surface area contributed by atoms with Crippen molar-refractivity contribution in [2.75, 3.05) is 52.5 Å². The lowest BCUT2D eigenvalue weighted by atomic mass is 10.1. The van der Waals surface area contributed by atoms with Crippen LogP contribution in [0.2, 0.25) is 0 Å². The van der Waals surface area contributed by atoms with Crippen LogP contribution >= 0.6 is 0 Å². The van der Waals surface area contributed by atoms with Gasteiger partial charge in [0.2, 0.25) is 5.91 Å². The second-order valence-electron chi connectivity index (χ2n) is 5.54. The van der Waals surface area contributed by atoms with E-state index in [1.165, 1.54) is 5.56 Å². The van der Waals surface area contributed by atoms with Gasteiger partial charge in [-0.3, -0.25) is 9.69 Å². The fourth-order valence-electron chi connectivity index (χ4n) is 2.47. The van der Waals surface area contributed by atoms with Gasteiger partial charge < -0.3 is 15.4 Å². The van der Waals surface area contributed by atoms with E-state index in [-0.39, 0.29) is 5.91 Å². The summed E-state index contributed by atoms with van der Waals surface area (Å²) in [5.41, 5.74) is 1.32. The predicted octanol–water partition coefficient (Wildman–Crippen LogP) is 0.657. The molecule has 1 aliphatic rings. The fraction of sp³-hybridized carbons (Fsp3) is 0.588. The van der Waals surface area contributed by atoms with Crippen molar-refractivity contribution in [3.63, 3.8) is 0 Å². The molecule has 0 radical (unpaired) electrons. The highest BCUT2D eigenvalue weighted by Crippen LogP contribution is 1.98. The van der Waals surface area contributed by atoms with Gasteiger partial charge >= 0.3 is 0 Å². The Balaban J connectivity index is 1.44. The zero-order valence-corrected chi connectivity index (χ0v) is 13.2. The molecule has 1 amide bonds. The van der Waals surface area contributed by atoms with Crippen molar-refractivity contribution in [1.29, 1.82) is 0 Å². The summed E-state index contributed by atoms with van der Waals surface area (Å²) in [4.78, 5) is 14.0. The summed E-state index contributed by atoms with van der Waals surface area (Å²) in [5, 5.41) is 6.29. The number of carbonyl (C=O) groups excluding carboxylic acids is 1. The minimum atomic E-state index is 0.125. The van der Waals surface area contributed by atoms with Gasteiger partial charge in [0, 0.05) is 39.1 Å². The van der Waals surface area contributed by atoms with Gasteiger partial charge in [-0.05, 0) is 18.5 Å². The van der Waals surface area contributed by atoms with Crippen LogP contribution in [0.25, 0.3) is 0 Å². The highest BCUT2D eigenvalue weighted by atomic mass is 16.5. The third kappa shape index (κ3) is 7.02. The van der Waals surface area contributed by atoms with Crippen LogP contribution in [0.3, 0.4) is 0 Å². The lowest BCUT2D eigenvalue weighted by Crippen LogP contribution is -2.41. The molecule has 1 heterocycles. The summed E-state index contributed by atoms with van der Waals surface area (Å²) in [7, 11) is 0. The molecule has 5 nitrogen and oxygen atoms in total. The minimum absolute atomic E-state index is 0.125. The quantitative estimate of drug-likeness (QED) is 0.658. The van der Waals surface area contributed by atoms with E-state index in [9.17, 15) is 4.79 Å². The summed E-state index contributed by atoms with van der Waals surface area (Å²) in [5.74, 6) is 0.125. The first-order valence-corrected chi connectivity index (χ1v) is 8.16. The van der Waals surface area contributed by atoms with Crippen LogP contribution in [0.15, 0.2) is 30.3 Å². The van der Waals surface area contributed by atoms with E-state index in [2.05, 4.69) is 39.8 Å². The number of morpholine rings is 1. The molecule has 2 rings (SSSR count). The third-order valence-electron chi connectivity index (χ3n) is 3.82. The third-order valence-corrected chi connectivity index (χ3v) is 3.82. The Morgan fingerprint density at radius 2 is 1.86 bits per heavy atom. The van der Waals surface area contributed by atoms with Crippen molar-refractivity contribution in [2.45, 2.75) is 12.8 Å². The lowest BCUT2D eigenvalue weighted by Gasteiger charge is -2.26. The summed E-state index contributed by atoms with van der Waals surface area (Å²) in [6, 6.07) is 10.4. The van der Waals surface area contributed by atoms with Crippen molar-refractivity contribution in [3.05, 3.63) is 35.9 Å². The molecule has 122 valence electrons. The molecule has 1 saturated heterocycles. The molecule has 1 aromatic carbocycles.